The molecule has 0 aromatic heterocycles. The van der Waals surface area contributed by atoms with Crippen LogP contribution in [0.25, 0.3) is 0 Å². The van der Waals surface area contributed by atoms with E-state index in [0.717, 1.165) is 31.6 Å². The molecule has 1 aromatic rings. The topological polar surface area (TPSA) is 58.4 Å². The molecule has 1 aliphatic heterocycles. The molecule has 0 spiro atoms. The smallest absolute Gasteiger partial charge is 0.234 e. The highest BCUT2D eigenvalue weighted by Crippen LogP contribution is 2.24. The molecule has 1 saturated carbocycles. The lowest BCUT2D eigenvalue weighted by molar-refractivity contribution is -0.122. The molecule has 0 atom stereocenters. The second kappa shape index (κ2) is 4.04. The van der Waals surface area contributed by atoms with Crippen molar-refractivity contribution in [2.24, 2.45) is 0 Å². The lowest BCUT2D eigenvalue weighted by atomic mass is 10.1. The minimum Gasteiger partial charge on any atom is -0.399 e. The van der Waals surface area contributed by atoms with Crippen molar-refractivity contribution in [3.05, 3.63) is 29.3 Å². The van der Waals surface area contributed by atoms with Gasteiger partial charge in [-0.05, 0) is 36.1 Å². The number of amides is 1. The number of benzene rings is 1. The number of fused-ring (bicyclic) bond motifs is 1. The van der Waals surface area contributed by atoms with E-state index in [0.29, 0.717) is 12.6 Å². The lowest BCUT2D eigenvalue weighted by Gasteiger charge is -2.13. The van der Waals surface area contributed by atoms with Gasteiger partial charge in [-0.15, -0.1) is 0 Å². The summed E-state index contributed by atoms with van der Waals surface area (Å²) in [5, 5.41) is 3.01. The SMILES string of the molecule is Nc1ccc2c(c1)CN(CC(=O)NC1CC1)C2. The molecule has 4 heteroatoms. The molecule has 4 nitrogen and oxygen atoms in total. The molecule has 0 radical (unpaired) electrons. The van der Waals surface area contributed by atoms with Crippen LogP contribution in [0.2, 0.25) is 0 Å². The Bertz CT molecular complexity index is 454. The van der Waals surface area contributed by atoms with Crippen LogP contribution in [0, 0.1) is 0 Å². The molecule has 2 aliphatic rings. The van der Waals surface area contributed by atoms with Crippen molar-refractivity contribution in [3.8, 4) is 0 Å². The molecule has 90 valence electrons. The first-order valence-electron chi connectivity index (χ1n) is 6.10. The standard InChI is InChI=1S/C13H17N3O/c14-11-2-1-9-6-16(7-10(9)5-11)8-13(17)15-12-3-4-12/h1-2,5,12H,3-4,6-8,14H2,(H,15,17). The third kappa shape index (κ3) is 2.42. The van der Waals surface area contributed by atoms with Gasteiger partial charge in [-0.2, -0.15) is 0 Å². The van der Waals surface area contributed by atoms with Crippen LogP contribution < -0.4 is 11.1 Å². The minimum absolute atomic E-state index is 0.147. The van der Waals surface area contributed by atoms with Crippen molar-refractivity contribution >= 4 is 11.6 Å². The molecule has 1 amide bonds. The van der Waals surface area contributed by atoms with Crippen molar-refractivity contribution in [2.75, 3.05) is 12.3 Å². The summed E-state index contributed by atoms with van der Waals surface area (Å²) in [7, 11) is 0. The Labute approximate surface area is 101 Å². The molecule has 0 saturated heterocycles. The predicted molar refractivity (Wildman–Crippen MR) is 66.1 cm³/mol. The number of anilines is 1. The van der Waals surface area contributed by atoms with Crippen LogP contribution >= 0.6 is 0 Å². The summed E-state index contributed by atoms with van der Waals surface area (Å²) >= 11 is 0. The van der Waals surface area contributed by atoms with E-state index < -0.39 is 0 Å². The first-order valence-corrected chi connectivity index (χ1v) is 6.10. The van der Waals surface area contributed by atoms with Crippen LogP contribution in [0.1, 0.15) is 24.0 Å². The van der Waals surface area contributed by atoms with Gasteiger partial charge in [-0.25, -0.2) is 0 Å². The summed E-state index contributed by atoms with van der Waals surface area (Å²) in [6.45, 7) is 2.18. The summed E-state index contributed by atoms with van der Waals surface area (Å²) in [6, 6.07) is 6.44. The molecule has 17 heavy (non-hydrogen) atoms. The highest BCUT2D eigenvalue weighted by Gasteiger charge is 2.26. The quantitative estimate of drug-likeness (QED) is 0.759. The fourth-order valence-corrected chi connectivity index (χ4v) is 2.30. The van der Waals surface area contributed by atoms with E-state index in [9.17, 15) is 4.79 Å². The fourth-order valence-electron chi connectivity index (χ4n) is 2.30. The lowest BCUT2D eigenvalue weighted by Crippen LogP contribution is -2.35. The Balaban J connectivity index is 1.59. The second-order valence-corrected chi connectivity index (χ2v) is 5.02. The third-order valence-electron chi connectivity index (χ3n) is 3.33. The maximum atomic E-state index is 11.7. The average Bonchev–Trinajstić information content (AvgIpc) is 2.97. The van der Waals surface area contributed by atoms with Crippen molar-refractivity contribution < 1.29 is 4.79 Å². The van der Waals surface area contributed by atoms with Gasteiger partial charge < -0.3 is 11.1 Å². The first kappa shape index (κ1) is 10.6. The number of carbonyl (C=O) groups is 1. The van der Waals surface area contributed by atoms with Crippen molar-refractivity contribution in [3.63, 3.8) is 0 Å². The fraction of sp³-hybridized carbons (Fsp3) is 0.462. The van der Waals surface area contributed by atoms with Gasteiger partial charge >= 0.3 is 0 Å². The van der Waals surface area contributed by atoms with E-state index in [1.165, 1.54) is 11.1 Å². The van der Waals surface area contributed by atoms with E-state index >= 15 is 0 Å². The molecule has 0 unspecified atom stereocenters. The second-order valence-electron chi connectivity index (χ2n) is 5.02. The number of carbonyl (C=O) groups excluding carboxylic acids is 1. The molecule has 1 fully saturated rings. The number of hydrogen-bond acceptors (Lipinski definition) is 3. The molecular weight excluding hydrogens is 214 g/mol. The summed E-state index contributed by atoms with van der Waals surface area (Å²) < 4.78 is 0. The number of hydrogen-bond donors (Lipinski definition) is 2. The van der Waals surface area contributed by atoms with Crippen LogP contribution in [-0.4, -0.2) is 23.4 Å². The van der Waals surface area contributed by atoms with Gasteiger partial charge in [-0.1, -0.05) is 6.07 Å². The Morgan fingerprint density at radius 1 is 1.35 bits per heavy atom. The number of nitrogen functional groups attached to an aromatic ring is 1. The van der Waals surface area contributed by atoms with Gasteiger partial charge in [0.15, 0.2) is 0 Å². The zero-order valence-corrected chi connectivity index (χ0v) is 9.78. The predicted octanol–water partition coefficient (Wildman–Crippen LogP) is 0.863. The minimum atomic E-state index is 0.147. The van der Waals surface area contributed by atoms with E-state index in [1.807, 2.05) is 12.1 Å². The molecule has 1 aromatic carbocycles. The Hall–Kier alpha value is -1.55. The summed E-state index contributed by atoms with van der Waals surface area (Å²) in [4.78, 5) is 13.8. The number of nitrogens with two attached hydrogens (primary N) is 1. The van der Waals surface area contributed by atoms with Crippen LogP contribution in [-0.2, 0) is 17.9 Å². The van der Waals surface area contributed by atoms with Crippen molar-refractivity contribution in [1.82, 2.24) is 10.2 Å². The monoisotopic (exact) mass is 231 g/mol. The van der Waals surface area contributed by atoms with E-state index in [2.05, 4.69) is 16.3 Å². The van der Waals surface area contributed by atoms with Crippen molar-refractivity contribution in [1.29, 1.82) is 0 Å². The average molecular weight is 231 g/mol. The van der Waals surface area contributed by atoms with Gasteiger partial charge in [0.2, 0.25) is 5.91 Å². The number of rotatable bonds is 3. The van der Waals surface area contributed by atoms with Crippen LogP contribution in [0.5, 0.6) is 0 Å². The Kier molecular flexibility index (Phi) is 2.52. The van der Waals surface area contributed by atoms with E-state index in [4.69, 9.17) is 5.73 Å². The normalized spacial score (nSPS) is 19.1. The van der Waals surface area contributed by atoms with Gasteiger partial charge in [0.1, 0.15) is 0 Å². The van der Waals surface area contributed by atoms with Gasteiger partial charge in [0, 0.05) is 24.8 Å². The molecule has 0 bridgehead atoms. The molecule has 1 heterocycles. The van der Waals surface area contributed by atoms with Crippen LogP contribution in [0.15, 0.2) is 18.2 Å². The Morgan fingerprint density at radius 3 is 2.88 bits per heavy atom. The van der Waals surface area contributed by atoms with Gasteiger partial charge in [0.25, 0.3) is 0 Å². The van der Waals surface area contributed by atoms with Crippen molar-refractivity contribution in [2.45, 2.75) is 32.0 Å². The van der Waals surface area contributed by atoms with Gasteiger partial charge in [0.05, 0.1) is 6.54 Å². The zero-order valence-electron chi connectivity index (χ0n) is 9.78. The highest BCUT2D eigenvalue weighted by atomic mass is 16.2. The number of nitrogens with one attached hydrogen (secondary N) is 1. The molecule has 3 rings (SSSR count). The highest BCUT2D eigenvalue weighted by molar-refractivity contribution is 5.78. The van der Waals surface area contributed by atoms with Crippen LogP contribution in [0.4, 0.5) is 5.69 Å². The zero-order chi connectivity index (χ0) is 11.8. The van der Waals surface area contributed by atoms with Crippen LogP contribution in [0.3, 0.4) is 0 Å². The number of nitrogens with zero attached hydrogens (tertiary/aromatic N) is 1. The summed E-state index contributed by atoms with van der Waals surface area (Å²) in [5.41, 5.74) is 9.10. The van der Waals surface area contributed by atoms with Gasteiger partial charge in [-0.3, -0.25) is 9.69 Å². The van der Waals surface area contributed by atoms with E-state index in [-0.39, 0.29) is 5.91 Å². The summed E-state index contributed by atoms with van der Waals surface area (Å²) in [5.74, 6) is 0.147. The molecule has 1 aliphatic carbocycles. The largest absolute Gasteiger partial charge is 0.399 e. The Morgan fingerprint density at radius 2 is 2.12 bits per heavy atom. The maximum Gasteiger partial charge on any atom is 0.234 e. The first-order chi connectivity index (χ1) is 8.20. The van der Waals surface area contributed by atoms with E-state index in [1.54, 1.807) is 0 Å². The third-order valence-corrected chi connectivity index (χ3v) is 3.33. The maximum absolute atomic E-state index is 11.7. The molecule has 3 N–H and O–H groups in total. The molecular formula is C13H17N3O. The summed E-state index contributed by atoms with van der Waals surface area (Å²) in [6.07, 6.45) is 2.28.